The second-order valence-electron chi connectivity index (χ2n) is 6.90. The number of rotatable bonds is 5. The highest BCUT2D eigenvalue weighted by atomic mass is 16.5. The second-order valence-corrected chi connectivity index (χ2v) is 6.90. The third-order valence-corrected chi connectivity index (χ3v) is 4.71. The quantitative estimate of drug-likeness (QED) is 0.696. The van der Waals surface area contributed by atoms with Crippen LogP contribution in [0.25, 0.3) is 11.4 Å². The molecule has 26 heavy (non-hydrogen) atoms. The van der Waals surface area contributed by atoms with Crippen LogP contribution in [-0.4, -0.2) is 40.7 Å². The van der Waals surface area contributed by atoms with Crippen molar-refractivity contribution >= 4 is 5.82 Å². The van der Waals surface area contributed by atoms with Gasteiger partial charge in [-0.25, -0.2) is 4.98 Å². The van der Waals surface area contributed by atoms with Gasteiger partial charge in [0.15, 0.2) is 0 Å². The summed E-state index contributed by atoms with van der Waals surface area (Å²) in [6, 6.07) is 8.08. The van der Waals surface area contributed by atoms with Crippen LogP contribution in [-0.2, 0) is 6.54 Å². The summed E-state index contributed by atoms with van der Waals surface area (Å²) in [4.78, 5) is 13.3. The number of pyridine rings is 1. The van der Waals surface area contributed by atoms with Gasteiger partial charge in [-0.3, -0.25) is 4.90 Å². The lowest BCUT2D eigenvalue weighted by molar-refractivity contribution is 0.188. The highest BCUT2D eigenvalue weighted by molar-refractivity contribution is 5.55. The minimum atomic E-state index is 0.135. The van der Waals surface area contributed by atoms with Crippen LogP contribution in [0.4, 0.5) is 5.82 Å². The number of hydrogen-bond acceptors (Lipinski definition) is 7. The molecule has 0 radical (unpaired) electrons. The Morgan fingerprint density at radius 3 is 2.81 bits per heavy atom. The SMILES string of the molecule is Cc1ccc(CN2CCC[C@H]2c2nc(-c3ccc(N(C)C)nc3)no2)o1. The summed E-state index contributed by atoms with van der Waals surface area (Å²) in [5.74, 6) is 4.05. The van der Waals surface area contributed by atoms with E-state index < -0.39 is 0 Å². The van der Waals surface area contributed by atoms with Gasteiger partial charge in [0.2, 0.25) is 11.7 Å². The second kappa shape index (κ2) is 6.92. The molecule has 7 heteroatoms. The molecule has 0 amide bonds. The lowest BCUT2D eigenvalue weighted by atomic mass is 10.2. The summed E-state index contributed by atoms with van der Waals surface area (Å²) in [5, 5.41) is 4.16. The molecule has 1 atom stereocenters. The van der Waals surface area contributed by atoms with E-state index >= 15 is 0 Å². The number of aromatic nitrogens is 3. The average molecular weight is 353 g/mol. The lowest BCUT2D eigenvalue weighted by Gasteiger charge is -2.19. The molecular formula is C19H23N5O2. The first-order valence-corrected chi connectivity index (χ1v) is 8.87. The normalized spacial score (nSPS) is 17.7. The molecule has 1 aliphatic rings. The fourth-order valence-corrected chi connectivity index (χ4v) is 3.34. The van der Waals surface area contributed by atoms with E-state index in [9.17, 15) is 0 Å². The highest BCUT2D eigenvalue weighted by Gasteiger charge is 2.31. The van der Waals surface area contributed by atoms with Crippen LogP contribution >= 0.6 is 0 Å². The maximum absolute atomic E-state index is 5.71. The van der Waals surface area contributed by atoms with E-state index in [0.29, 0.717) is 11.7 Å². The largest absolute Gasteiger partial charge is 0.465 e. The third kappa shape index (κ3) is 3.35. The summed E-state index contributed by atoms with van der Waals surface area (Å²) in [6.07, 6.45) is 3.91. The number of furan rings is 1. The molecule has 3 aromatic heterocycles. The smallest absolute Gasteiger partial charge is 0.244 e. The Hall–Kier alpha value is -2.67. The molecule has 0 unspecified atom stereocenters. The van der Waals surface area contributed by atoms with Crippen molar-refractivity contribution in [1.29, 1.82) is 0 Å². The molecular weight excluding hydrogens is 330 g/mol. The molecule has 136 valence electrons. The fourth-order valence-electron chi connectivity index (χ4n) is 3.34. The zero-order valence-electron chi connectivity index (χ0n) is 15.3. The Bertz CT molecular complexity index is 868. The number of hydrogen-bond donors (Lipinski definition) is 0. The Kier molecular flexibility index (Phi) is 4.46. The maximum atomic E-state index is 5.71. The van der Waals surface area contributed by atoms with Crippen LogP contribution < -0.4 is 4.90 Å². The molecule has 0 aromatic carbocycles. The number of aryl methyl sites for hydroxylation is 1. The van der Waals surface area contributed by atoms with Crippen molar-refractivity contribution in [3.63, 3.8) is 0 Å². The summed E-state index contributed by atoms with van der Waals surface area (Å²) in [6.45, 7) is 3.72. The van der Waals surface area contributed by atoms with Crippen molar-refractivity contribution in [2.75, 3.05) is 25.5 Å². The van der Waals surface area contributed by atoms with Gasteiger partial charge in [0.05, 0.1) is 12.6 Å². The average Bonchev–Trinajstić information content (AvgIpc) is 3.36. The molecule has 0 N–H and O–H groups in total. The van der Waals surface area contributed by atoms with Gasteiger partial charge in [-0.05, 0) is 50.6 Å². The summed E-state index contributed by atoms with van der Waals surface area (Å²) in [7, 11) is 3.92. The Labute approximate surface area is 152 Å². The van der Waals surface area contributed by atoms with Crippen LogP contribution in [0.3, 0.4) is 0 Å². The molecule has 1 saturated heterocycles. The van der Waals surface area contributed by atoms with Crippen molar-refractivity contribution in [2.45, 2.75) is 32.4 Å². The van der Waals surface area contributed by atoms with Crippen LogP contribution in [0, 0.1) is 6.92 Å². The van der Waals surface area contributed by atoms with Gasteiger partial charge in [0.1, 0.15) is 17.3 Å². The maximum Gasteiger partial charge on any atom is 0.244 e. The van der Waals surface area contributed by atoms with Crippen molar-refractivity contribution in [3.05, 3.63) is 47.9 Å². The van der Waals surface area contributed by atoms with E-state index in [1.165, 1.54) is 0 Å². The number of likely N-dealkylation sites (tertiary alicyclic amines) is 1. The first kappa shape index (κ1) is 16.8. The van der Waals surface area contributed by atoms with Crippen LogP contribution in [0.2, 0.25) is 0 Å². The predicted octanol–water partition coefficient (Wildman–Crippen LogP) is 3.44. The van der Waals surface area contributed by atoms with E-state index in [0.717, 1.165) is 48.8 Å². The van der Waals surface area contributed by atoms with Crippen LogP contribution in [0.5, 0.6) is 0 Å². The third-order valence-electron chi connectivity index (χ3n) is 4.71. The minimum Gasteiger partial charge on any atom is -0.465 e. The fraction of sp³-hybridized carbons (Fsp3) is 0.421. The highest BCUT2D eigenvalue weighted by Crippen LogP contribution is 2.33. The molecule has 4 rings (SSSR count). The molecule has 7 nitrogen and oxygen atoms in total. The summed E-state index contributed by atoms with van der Waals surface area (Å²) >= 11 is 0. The van der Waals surface area contributed by atoms with E-state index in [-0.39, 0.29) is 6.04 Å². The zero-order valence-corrected chi connectivity index (χ0v) is 15.3. The monoisotopic (exact) mass is 353 g/mol. The van der Waals surface area contributed by atoms with E-state index in [2.05, 4.69) is 20.0 Å². The zero-order chi connectivity index (χ0) is 18.1. The predicted molar refractivity (Wildman–Crippen MR) is 97.7 cm³/mol. The molecule has 0 aliphatic carbocycles. The topological polar surface area (TPSA) is 71.4 Å². The van der Waals surface area contributed by atoms with Gasteiger partial charge in [-0.1, -0.05) is 5.16 Å². The van der Waals surface area contributed by atoms with Crippen LogP contribution in [0.15, 0.2) is 39.4 Å². The summed E-state index contributed by atoms with van der Waals surface area (Å²) < 4.78 is 11.3. The number of nitrogens with zero attached hydrogens (tertiary/aromatic N) is 5. The standard InChI is InChI=1S/C19H23N5O2/c1-13-6-8-15(25-13)12-24-10-4-5-16(24)19-21-18(22-26-19)14-7-9-17(20-11-14)23(2)3/h6-9,11,16H,4-5,10,12H2,1-3H3/t16-/m0/s1. The molecule has 1 aliphatic heterocycles. The molecule has 0 saturated carbocycles. The number of anilines is 1. The first-order valence-electron chi connectivity index (χ1n) is 8.87. The van der Waals surface area contributed by atoms with Gasteiger partial charge >= 0.3 is 0 Å². The Morgan fingerprint density at radius 1 is 1.23 bits per heavy atom. The van der Waals surface area contributed by atoms with Crippen LogP contribution in [0.1, 0.15) is 36.3 Å². The van der Waals surface area contributed by atoms with Gasteiger partial charge in [0.25, 0.3) is 0 Å². The summed E-state index contributed by atoms with van der Waals surface area (Å²) in [5.41, 5.74) is 0.858. The van der Waals surface area contributed by atoms with Gasteiger partial charge in [-0.15, -0.1) is 0 Å². The van der Waals surface area contributed by atoms with E-state index in [4.69, 9.17) is 8.94 Å². The lowest BCUT2D eigenvalue weighted by Crippen LogP contribution is -2.22. The van der Waals surface area contributed by atoms with Crippen molar-refractivity contribution in [3.8, 4) is 11.4 Å². The first-order chi connectivity index (χ1) is 12.6. The van der Waals surface area contributed by atoms with E-state index in [1.807, 2.05) is 50.2 Å². The molecule has 3 aromatic rings. The van der Waals surface area contributed by atoms with Gasteiger partial charge in [0, 0.05) is 25.9 Å². The van der Waals surface area contributed by atoms with Crippen molar-refractivity contribution in [1.82, 2.24) is 20.0 Å². The van der Waals surface area contributed by atoms with E-state index in [1.54, 1.807) is 6.20 Å². The molecule has 0 spiro atoms. The molecule has 0 bridgehead atoms. The van der Waals surface area contributed by atoms with Gasteiger partial charge < -0.3 is 13.8 Å². The van der Waals surface area contributed by atoms with Gasteiger partial charge in [-0.2, -0.15) is 4.98 Å². The Morgan fingerprint density at radius 2 is 2.12 bits per heavy atom. The van der Waals surface area contributed by atoms with Crippen molar-refractivity contribution < 1.29 is 8.94 Å². The molecule has 4 heterocycles. The molecule has 1 fully saturated rings. The van der Waals surface area contributed by atoms with Crippen molar-refractivity contribution in [2.24, 2.45) is 0 Å². The minimum absolute atomic E-state index is 0.135. The Balaban J connectivity index is 1.51.